The molecule has 5 heteroatoms. The molecule has 0 aromatic heterocycles. The van der Waals surface area contributed by atoms with Crippen LogP contribution >= 0.6 is 0 Å². The number of nitrogens with one attached hydrogen (secondary N) is 2. The van der Waals surface area contributed by atoms with Crippen molar-refractivity contribution in [1.82, 2.24) is 5.32 Å². The number of hydrogen-bond acceptors (Lipinski definition) is 3. The summed E-state index contributed by atoms with van der Waals surface area (Å²) in [4.78, 5) is 25.6. The van der Waals surface area contributed by atoms with Crippen molar-refractivity contribution in [3.63, 3.8) is 0 Å². The highest BCUT2D eigenvalue weighted by Gasteiger charge is 2.28. The standard InChI is InChI=1S/C13H17N3O2/c1-9-7-12(17)15-10-5-3-4-6-11(10)16(9)13(18)8-14-2/h3-6,9,14H,7-8H2,1-2H3,(H,15,17). The fourth-order valence-electron chi connectivity index (χ4n) is 2.20. The molecule has 1 heterocycles. The van der Waals surface area contributed by atoms with Crippen LogP contribution in [0.4, 0.5) is 11.4 Å². The lowest BCUT2D eigenvalue weighted by atomic mass is 10.1. The fourth-order valence-corrected chi connectivity index (χ4v) is 2.20. The summed E-state index contributed by atoms with van der Waals surface area (Å²) in [6, 6.07) is 7.23. The van der Waals surface area contributed by atoms with Crippen LogP contribution in [-0.2, 0) is 9.59 Å². The van der Waals surface area contributed by atoms with Crippen molar-refractivity contribution in [2.45, 2.75) is 19.4 Å². The Hall–Kier alpha value is -1.88. The second-order valence-corrected chi connectivity index (χ2v) is 4.41. The van der Waals surface area contributed by atoms with Gasteiger partial charge in [-0.25, -0.2) is 0 Å². The monoisotopic (exact) mass is 247 g/mol. The van der Waals surface area contributed by atoms with E-state index in [0.717, 1.165) is 5.69 Å². The van der Waals surface area contributed by atoms with E-state index in [0.29, 0.717) is 12.1 Å². The minimum Gasteiger partial charge on any atom is -0.324 e. The molecule has 0 bridgehead atoms. The van der Waals surface area contributed by atoms with E-state index in [9.17, 15) is 9.59 Å². The first-order valence-electron chi connectivity index (χ1n) is 5.99. The predicted molar refractivity (Wildman–Crippen MR) is 70.6 cm³/mol. The number of anilines is 2. The number of carbonyl (C=O) groups excluding carboxylic acids is 2. The van der Waals surface area contributed by atoms with Crippen LogP contribution < -0.4 is 15.5 Å². The zero-order valence-electron chi connectivity index (χ0n) is 10.6. The van der Waals surface area contributed by atoms with Gasteiger partial charge in [-0.05, 0) is 26.1 Å². The molecule has 1 aromatic carbocycles. The minimum atomic E-state index is -0.144. The molecule has 1 atom stereocenters. The predicted octanol–water partition coefficient (Wildman–Crippen LogP) is 0.970. The molecular formula is C13H17N3O2. The number of fused-ring (bicyclic) bond motifs is 1. The highest BCUT2D eigenvalue weighted by Crippen LogP contribution is 2.30. The lowest BCUT2D eigenvalue weighted by Gasteiger charge is -2.27. The molecule has 1 aliphatic heterocycles. The first kappa shape index (κ1) is 12.6. The van der Waals surface area contributed by atoms with Gasteiger partial charge in [-0.2, -0.15) is 0 Å². The molecule has 1 aliphatic rings. The molecule has 0 aliphatic carbocycles. The maximum absolute atomic E-state index is 12.2. The normalized spacial score (nSPS) is 18.9. The van der Waals surface area contributed by atoms with Crippen LogP contribution in [0, 0.1) is 0 Å². The van der Waals surface area contributed by atoms with Crippen LogP contribution in [0.5, 0.6) is 0 Å². The number of likely N-dealkylation sites (N-methyl/N-ethyl adjacent to an activating group) is 1. The summed E-state index contributed by atoms with van der Waals surface area (Å²) in [6.45, 7) is 2.14. The van der Waals surface area contributed by atoms with E-state index >= 15 is 0 Å². The van der Waals surface area contributed by atoms with Gasteiger partial charge in [-0.1, -0.05) is 12.1 Å². The van der Waals surface area contributed by atoms with Crippen LogP contribution in [0.1, 0.15) is 13.3 Å². The van der Waals surface area contributed by atoms with Gasteiger partial charge in [0.1, 0.15) is 0 Å². The summed E-state index contributed by atoms with van der Waals surface area (Å²) >= 11 is 0. The van der Waals surface area contributed by atoms with Crippen molar-refractivity contribution in [3.8, 4) is 0 Å². The van der Waals surface area contributed by atoms with Crippen LogP contribution in [-0.4, -0.2) is 31.4 Å². The zero-order chi connectivity index (χ0) is 13.1. The molecule has 96 valence electrons. The molecule has 0 spiro atoms. The van der Waals surface area contributed by atoms with Gasteiger partial charge in [0.25, 0.3) is 0 Å². The lowest BCUT2D eigenvalue weighted by Crippen LogP contribution is -2.43. The Labute approximate surface area is 106 Å². The Morgan fingerprint density at radius 3 is 2.94 bits per heavy atom. The van der Waals surface area contributed by atoms with E-state index in [2.05, 4.69) is 10.6 Å². The molecule has 1 unspecified atom stereocenters. The molecular weight excluding hydrogens is 230 g/mol. The molecule has 5 nitrogen and oxygen atoms in total. The fraction of sp³-hybridized carbons (Fsp3) is 0.385. The van der Waals surface area contributed by atoms with E-state index in [4.69, 9.17) is 0 Å². The summed E-state index contributed by atoms with van der Waals surface area (Å²) in [5.74, 6) is -0.0938. The number of nitrogens with zero attached hydrogens (tertiary/aromatic N) is 1. The van der Waals surface area contributed by atoms with Gasteiger partial charge in [-0.15, -0.1) is 0 Å². The summed E-state index contributed by atoms with van der Waals surface area (Å²) in [5.41, 5.74) is 1.45. The molecule has 0 radical (unpaired) electrons. The Morgan fingerprint density at radius 1 is 1.50 bits per heavy atom. The molecule has 0 saturated heterocycles. The van der Waals surface area contributed by atoms with Gasteiger partial charge in [0.05, 0.1) is 17.9 Å². The number of rotatable bonds is 2. The largest absolute Gasteiger partial charge is 0.324 e. The van der Waals surface area contributed by atoms with Gasteiger partial charge in [0.2, 0.25) is 11.8 Å². The maximum Gasteiger partial charge on any atom is 0.241 e. The van der Waals surface area contributed by atoms with Crippen LogP contribution in [0.25, 0.3) is 0 Å². The molecule has 0 saturated carbocycles. The quantitative estimate of drug-likeness (QED) is 0.818. The van der Waals surface area contributed by atoms with E-state index in [1.54, 1.807) is 11.9 Å². The van der Waals surface area contributed by atoms with Crippen molar-refractivity contribution in [3.05, 3.63) is 24.3 Å². The first-order valence-corrected chi connectivity index (χ1v) is 5.99. The highest BCUT2D eigenvalue weighted by atomic mass is 16.2. The van der Waals surface area contributed by atoms with Crippen molar-refractivity contribution >= 4 is 23.2 Å². The molecule has 2 rings (SSSR count). The van der Waals surface area contributed by atoms with E-state index < -0.39 is 0 Å². The number of carbonyl (C=O) groups is 2. The molecule has 2 amide bonds. The van der Waals surface area contributed by atoms with Gasteiger partial charge < -0.3 is 15.5 Å². The van der Waals surface area contributed by atoms with Crippen LogP contribution in [0.15, 0.2) is 24.3 Å². The van der Waals surface area contributed by atoms with E-state index in [1.165, 1.54) is 0 Å². The summed E-state index contributed by atoms with van der Waals surface area (Å²) in [5, 5.41) is 5.68. The molecule has 18 heavy (non-hydrogen) atoms. The van der Waals surface area contributed by atoms with Crippen molar-refractivity contribution in [2.24, 2.45) is 0 Å². The van der Waals surface area contributed by atoms with E-state index in [1.807, 2.05) is 31.2 Å². The van der Waals surface area contributed by atoms with E-state index in [-0.39, 0.29) is 24.4 Å². The van der Waals surface area contributed by atoms with Gasteiger partial charge >= 0.3 is 0 Å². The third-order valence-electron chi connectivity index (χ3n) is 2.96. The number of amides is 2. The second-order valence-electron chi connectivity index (χ2n) is 4.41. The smallest absolute Gasteiger partial charge is 0.241 e. The average molecular weight is 247 g/mol. The SMILES string of the molecule is CNCC(=O)N1c2ccccc2NC(=O)CC1C. The van der Waals surface area contributed by atoms with Crippen molar-refractivity contribution in [2.75, 3.05) is 23.8 Å². The van der Waals surface area contributed by atoms with Gasteiger partial charge in [0.15, 0.2) is 0 Å². The third kappa shape index (κ3) is 2.36. The molecule has 2 N–H and O–H groups in total. The number of para-hydroxylation sites is 2. The zero-order valence-corrected chi connectivity index (χ0v) is 10.6. The van der Waals surface area contributed by atoms with Crippen LogP contribution in [0.2, 0.25) is 0 Å². The number of hydrogen-bond donors (Lipinski definition) is 2. The van der Waals surface area contributed by atoms with Crippen molar-refractivity contribution < 1.29 is 9.59 Å². The Balaban J connectivity index is 2.43. The van der Waals surface area contributed by atoms with Gasteiger partial charge in [-0.3, -0.25) is 9.59 Å². The maximum atomic E-state index is 12.2. The Bertz CT molecular complexity index is 473. The minimum absolute atomic E-state index is 0.0334. The lowest BCUT2D eigenvalue weighted by molar-refractivity contribution is -0.118. The second kappa shape index (κ2) is 5.18. The first-order chi connectivity index (χ1) is 8.63. The number of benzene rings is 1. The molecule has 1 aromatic rings. The summed E-state index contributed by atoms with van der Waals surface area (Å²) in [7, 11) is 1.73. The highest BCUT2D eigenvalue weighted by molar-refractivity contribution is 6.04. The van der Waals surface area contributed by atoms with Crippen LogP contribution in [0.3, 0.4) is 0 Å². The Morgan fingerprint density at radius 2 is 2.22 bits per heavy atom. The average Bonchev–Trinajstić information content (AvgIpc) is 2.43. The summed E-state index contributed by atoms with van der Waals surface area (Å²) in [6.07, 6.45) is 0.310. The third-order valence-corrected chi connectivity index (χ3v) is 2.96. The van der Waals surface area contributed by atoms with Crippen molar-refractivity contribution in [1.29, 1.82) is 0 Å². The topological polar surface area (TPSA) is 61.4 Å². The summed E-state index contributed by atoms with van der Waals surface area (Å²) < 4.78 is 0. The van der Waals surface area contributed by atoms with Gasteiger partial charge in [0, 0.05) is 12.5 Å². The molecule has 0 fully saturated rings. The Kier molecular flexibility index (Phi) is 3.62.